The number of amides is 1. The van der Waals surface area contributed by atoms with Crippen LogP contribution in [0.4, 0.5) is 13.2 Å². The molecule has 0 heterocycles. The molecule has 1 atom stereocenters. The number of rotatable bonds is 5. The van der Waals surface area contributed by atoms with Crippen LogP contribution in [0.1, 0.15) is 26.3 Å². The first-order valence-corrected chi connectivity index (χ1v) is 6.61. The molecule has 0 saturated heterocycles. The van der Waals surface area contributed by atoms with Crippen molar-refractivity contribution in [1.82, 2.24) is 5.32 Å². The maximum atomic E-state index is 12.6. The molecular formula is C15H17F3N2O2. The highest BCUT2D eigenvalue weighted by molar-refractivity contribution is 5.78. The molecule has 1 N–H and O–H groups in total. The quantitative estimate of drug-likeness (QED) is 0.908. The molecule has 0 fully saturated rings. The van der Waals surface area contributed by atoms with Crippen molar-refractivity contribution >= 4 is 5.91 Å². The molecule has 0 bridgehead atoms. The topological polar surface area (TPSA) is 62.1 Å². The van der Waals surface area contributed by atoms with E-state index in [4.69, 9.17) is 10.00 Å². The van der Waals surface area contributed by atoms with Crippen LogP contribution in [0, 0.1) is 17.2 Å². The molecule has 0 aromatic heterocycles. The fraction of sp³-hybridized carbons (Fsp3) is 0.467. The predicted molar refractivity (Wildman–Crippen MR) is 73.9 cm³/mol. The third-order valence-electron chi connectivity index (χ3n) is 3.32. The molecule has 1 aromatic carbocycles. The highest BCUT2D eigenvalue weighted by Crippen LogP contribution is 2.31. The molecule has 1 unspecified atom stereocenters. The molecule has 1 amide bonds. The van der Waals surface area contributed by atoms with Gasteiger partial charge in [0.15, 0.2) is 6.61 Å². The van der Waals surface area contributed by atoms with Gasteiger partial charge in [-0.2, -0.15) is 18.4 Å². The number of hydrogen-bond acceptors (Lipinski definition) is 3. The maximum Gasteiger partial charge on any atom is 0.416 e. The number of alkyl halides is 3. The Morgan fingerprint density at radius 1 is 1.41 bits per heavy atom. The number of nitriles is 1. The number of halogens is 3. The van der Waals surface area contributed by atoms with E-state index in [2.05, 4.69) is 5.32 Å². The summed E-state index contributed by atoms with van der Waals surface area (Å²) in [6, 6.07) is 6.26. The number of nitrogens with one attached hydrogen (secondary N) is 1. The van der Waals surface area contributed by atoms with Crippen molar-refractivity contribution in [3.8, 4) is 11.8 Å². The van der Waals surface area contributed by atoms with Gasteiger partial charge in [-0.25, -0.2) is 0 Å². The van der Waals surface area contributed by atoms with Crippen molar-refractivity contribution in [2.45, 2.75) is 32.5 Å². The first kappa shape index (κ1) is 17.8. The minimum Gasteiger partial charge on any atom is -0.484 e. The summed E-state index contributed by atoms with van der Waals surface area (Å²) in [7, 11) is 0. The Morgan fingerprint density at radius 2 is 2.05 bits per heavy atom. The summed E-state index contributed by atoms with van der Waals surface area (Å²) in [5, 5.41) is 11.6. The van der Waals surface area contributed by atoms with E-state index in [1.807, 2.05) is 6.07 Å². The van der Waals surface area contributed by atoms with Gasteiger partial charge in [0.25, 0.3) is 5.91 Å². The van der Waals surface area contributed by atoms with Crippen LogP contribution in [-0.2, 0) is 11.0 Å². The van der Waals surface area contributed by atoms with E-state index in [0.717, 1.165) is 12.1 Å². The fourth-order valence-electron chi connectivity index (χ4n) is 1.54. The molecule has 0 aliphatic carbocycles. The molecule has 1 rings (SSSR count). The lowest BCUT2D eigenvalue weighted by Crippen LogP contribution is -2.50. The standard InChI is InChI=1S/C15H17F3N2O2/c1-10(2)14(3,9-19)20-13(21)8-22-12-6-4-5-11(7-12)15(16,17)18/h4-7,10H,8H2,1-3H3,(H,20,21). The average molecular weight is 314 g/mol. The highest BCUT2D eigenvalue weighted by Gasteiger charge is 2.31. The predicted octanol–water partition coefficient (Wildman–Crippen LogP) is 3.14. The van der Waals surface area contributed by atoms with Crippen molar-refractivity contribution in [2.75, 3.05) is 6.61 Å². The van der Waals surface area contributed by atoms with Crippen LogP contribution in [0.3, 0.4) is 0 Å². The van der Waals surface area contributed by atoms with Crippen LogP contribution in [0.15, 0.2) is 24.3 Å². The van der Waals surface area contributed by atoms with E-state index in [0.29, 0.717) is 0 Å². The van der Waals surface area contributed by atoms with Gasteiger partial charge in [0.2, 0.25) is 0 Å². The number of carbonyl (C=O) groups is 1. The Bertz CT molecular complexity index is 579. The Morgan fingerprint density at radius 3 is 2.55 bits per heavy atom. The lowest BCUT2D eigenvalue weighted by Gasteiger charge is -2.27. The molecule has 4 nitrogen and oxygen atoms in total. The number of nitrogens with zero attached hydrogens (tertiary/aromatic N) is 1. The van der Waals surface area contributed by atoms with Gasteiger partial charge < -0.3 is 10.1 Å². The van der Waals surface area contributed by atoms with Gasteiger partial charge in [-0.15, -0.1) is 0 Å². The Balaban J connectivity index is 2.68. The molecule has 0 saturated carbocycles. The van der Waals surface area contributed by atoms with Crippen LogP contribution in [0.25, 0.3) is 0 Å². The van der Waals surface area contributed by atoms with Crippen LogP contribution in [0.5, 0.6) is 5.75 Å². The summed E-state index contributed by atoms with van der Waals surface area (Å²) in [5.41, 5.74) is -1.91. The Kier molecular flexibility index (Phi) is 5.42. The first-order chi connectivity index (χ1) is 10.1. The SMILES string of the molecule is CC(C)C(C)(C#N)NC(=O)COc1cccc(C(F)(F)F)c1. The monoisotopic (exact) mass is 314 g/mol. The van der Waals surface area contributed by atoms with E-state index in [-0.39, 0.29) is 11.7 Å². The fourth-order valence-corrected chi connectivity index (χ4v) is 1.54. The molecular weight excluding hydrogens is 297 g/mol. The van der Waals surface area contributed by atoms with Crippen LogP contribution in [0.2, 0.25) is 0 Å². The van der Waals surface area contributed by atoms with Crippen molar-refractivity contribution in [3.05, 3.63) is 29.8 Å². The molecule has 0 aliphatic heterocycles. The third-order valence-corrected chi connectivity index (χ3v) is 3.32. The molecule has 0 aliphatic rings. The van der Waals surface area contributed by atoms with Gasteiger partial charge >= 0.3 is 6.18 Å². The van der Waals surface area contributed by atoms with Crippen molar-refractivity contribution in [1.29, 1.82) is 5.26 Å². The van der Waals surface area contributed by atoms with E-state index in [9.17, 15) is 18.0 Å². The summed E-state index contributed by atoms with van der Waals surface area (Å²) >= 11 is 0. The van der Waals surface area contributed by atoms with Gasteiger partial charge in [-0.3, -0.25) is 4.79 Å². The number of benzene rings is 1. The number of ether oxygens (including phenoxy) is 1. The van der Waals surface area contributed by atoms with Crippen molar-refractivity contribution in [3.63, 3.8) is 0 Å². The van der Waals surface area contributed by atoms with Gasteiger partial charge in [0, 0.05) is 0 Å². The molecule has 0 radical (unpaired) electrons. The second-order valence-electron chi connectivity index (χ2n) is 5.33. The van der Waals surface area contributed by atoms with E-state index in [1.54, 1.807) is 20.8 Å². The molecule has 7 heteroatoms. The lowest BCUT2D eigenvalue weighted by molar-refractivity contribution is -0.137. The van der Waals surface area contributed by atoms with Gasteiger partial charge in [0.1, 0.15) is 11.3 Å². The first-order valence-electron chi connectivity index (χ1n) is 6.61. The summed E-state index contributed by atoms with van der Waals surface area (Å²) < 4.78 is 42.7. The normalized spacial score (nSPS) is 14.1. The van der Waals surface area contributed by atoms with E-state index >= 15 is 0 Å². The minimum atomic E-state index is -4.47. The van der Waals surface area contributed by atoms with E-state index in [1.165, 1.54) is 12.1 Å². The number of carbonyl (C=O) groups excluding carboxylic acids is 1. The maximum absolute atomic E-state index is 12.6. The van der Waals surface area contributed by atoms with Crippen molar-refractivity contribution < 1.29 is 22.7 Å². The zero-order valence-corrected chi connectivity index (χ0v) is 12.5. The minimum absolute atomic E-state index is 0.0619. The Labute approximate surface area is 126 Å². The largest absolute Gasteiger partial charge is 0.484 e. The smallest absolute Gasteiger partial charge is 0.416 e. The molecule has 0 spiro atoms. The highest BCUT2D eigenvalue weighted by atomic mass is 19.4. The Hall–Kier alpha value is -2.23. The van der Waals surface area contributed by atoms with Crippen LogP contribution >= 0.6 is 0 Å². The zero-order valence-electron chi connectivity index (χ0n) is 12.5. The van der Waals surface area contributed by atoms with E-state index < -0.39 is 29.8 Å². The third kappa shape index (κ3) is 4.65. The summed E-state index contributed by atoms with van der Waals surface area (Å²) in [6.07, 6.45) is -4.47. The van der Waals surface area contributed by atoms with Crippen LogP contribution < -0.4 is 10.1 Å². The van der Waals surface area contributed by atoms with Crippen LogP contribution in [-0.4, -0.2) is 18.1 Å². The molecule has 22 heavy (non-hydrogen) atoms. The number of hydrogen-bond donors (Lipinski definition) is 1. The van der Waals surface area contributed by atoms with Gasteiger partial charge in [-0.05, 0) is 31.0 Å². The second-order valence-corrected chi connectivity index (χ2v) is 5.33. The van der Waals surface area contributed by atoms with Gasteiger partial charge in [0.05, 0.1) is 11.6 Å². The van der Waals surface area contributed by atoms with Gasteiger partial charge in [-0.1, -0.05) is 19.9 Å². The molecule has 1 aromatic rings. The summed E-state index contributed by atoms with van der Waals surface area (Å²) in [5.74, 6) is -0.765. The second kappa shape index (κ2) is 6.69. The zero-order chi connectivity index (χ0) is 17.0. The lowest BCUT2D eigenvalue weighted by atomic mass is 9.90. The summed E-state index contributed by atoms with van der Waals surface area (Å²) in [4.78, 5) is 11.8. The molecule has 120 valence electrons. The average Bonchev–Trinajstić information content (AvgIpc) is 2.44. The van der Waals surface area contributed by atoms with Crippen molar-refractivity contribution in [2.24, 2.45) is 5.92 Å². The summed E-state index contributed by atoms with van der Waals surface area (Å²) in [6.45, 7) is 4.65.